The molecule has 0 spiro atoms. The predicted molar refractivity (Wildman–Crippen MR) is 102 cm³/mol. The lowest BCUT2D eigenvalue weighted by Gasteiger charge is -2.17. The first-order chi connectivity index (χ1) is 12.5. The van der Waals surface area contributed by atoms with E-state index in [1.165, 1.54) is 5.56 Å². The fourth-order valence-corrected chi connectivity index (χ4v) is 3.01. The molecule has 1 heterocycles. The van der Waals surface area contributed by atoms with Crippen molar-refractivity contribution in [3.63, 3.8) is 0 Å². The highest BCUT2D eigenvalue weighted by Gasteiger charge is 2.17. The van der Waals surface area contributed by atoms with Crippen molar-refractivity contribution in [2.75, 3.05) is 6.61 Å². The maximum absolute atomic E-state index is 10.4. The molecule has 5 heteroatoms. The number of imidazole rings is 1. The molecular formula is C21H26N2O3. The van der Waals surface area contributed by atoms with E-state index in [2.05, 4.69) is 18.8 Å². The Kier molecular flexibility index (Phi) is 5.59. The van der Waals surface area contributed by atoms with E-state index in [0.29, 0.717) is 18.3 Å². The fraction of sp³-hybridized carbons (Fsp3) is 0.381. The van der Waals surface area contributed by atoms with Crippen LogP contribution >= 0.6 is 0 Å². The van der Waals surface area contributed by atoms with Gasteiger partial charge in [0, 0.05) is 0 Å². The third-order valence-corrected chi connectivity index (χ3v) is 4.44. The lowest BCUT2D eigenvalue weighted by Crippen LogP contribution is -2.25. The van der Waals surface area contributed by atoms with Gasteiger partial charge in [0.1, 0.15) is 30.4 Å². The highest BCUT2D eigenvalue weighted by Crippen LogP contribution is 2.22. The summed E-state index contributed by atoms with van der Waals surface area (Å²) in [4.78, 5) is 4.47. The molecular weight excluding hydrogens is 328 g/mol. The van der Waals surface area contributed by atoms with Gasteiger partial charge in [-0.1, -0.05) is 38.1 Å². The Morgan fingerprint density at radius 2 is 1.69 bits per heavy atom. The first-order valence-corrected chi connectivity index (χ1v) is 8.99. The Hall–Kier alpha value is -2.37. The number of aromatic nitrogens is 2. The monoisotopic (exact) mass is 354 g/mol. The molecule has 0 aliphatic heterocycles. The highest BCUT2D eigenvalue weighted by atomic mass is 16.5. The van der Waals surface area contributed by atoms with Crippen molar-refractivity contribution in [3.05, 3.63) is 59.9 Å². The number of hydrogen-bond acceptors (Lipinski definition) is 4. The molecule has 0 aliphatic rings. The summed E-state index contributed by atoms with van der Waals surface area (Å²) in [7, 11) is 0. The van der Waals surface area contributed by atoms with Gasteiger partial charge >= 0.3 is 0 Å². The van der Waals surface area contributed by atoms with E-state index in [-0.39, 0.29) is 6.61 Å². The Morgan fingerprint density at radius 3 is 2.35 bits per heavy atom. The molecule has 0 fully saturated rings. The summed E-state index contributed by atoms with van der Waals surface area (Å²) in [5.41, 5.74) is 2.95. The third kappa shape index (κ3) is 4.06. The zero-order chi connectivity index (χ0) is 18.7. The van der Waals surface area contributed by atoms with Gasteiger partial charge in [0.25, 0.3) is 0 Å². The van der Waals surface area contributed by atoms with Crippen LogP contribution < -0.4 is 4.74 Å². The van der Waals surface area contributed by atoms with Crippen LogP contribution in [0, 0.1) is 0 Å². The van der Waals surface area contributed by atoms with Crippen molar-refractivity contribution >= 4 is 11.0 Å². The predicted octanol–water partition coefficient (Wildman–Crippen LogP) is 3.65. The van der Waals surface area contributed by atoms with Gasteiger partial charge < -0.3 is 19.5 Å². The molecule has 1 aromatic heterocycles. The van der Waals surface area contributed by atoms with Crippen LogP contribution in [-0.2, 0) is 6.54 Å². The summed E-state index contributed by atoms with van der Waals surface area (Å²) >= 11 is 0. The molecule has 0 saturated heterocycles. The molecule has 0 amide bonds. The Bertz CT molecular complexity index is 853. The molecule has 5 nitrogen and oxygen atoms in total. The van der Waals surface area contributed by atoms with Crippen LogP contribution in [0.2, 0.25) is 0 Å². The molecule has 0 saturated carbocycles. The van der Waals surface area contributed by atoms with Crippen LogP contribution in [-0.4, -0.2) is 32.5 Å². The van der Waals surface area contributed by atoms with Crippen LogP contribution in [0.15, 0.2) is 48.5 Å². The molecule has 2 atom stereocenters. The van der Waals surface area contributed by atoms with Crippen molar-refractivity contribution < 1.29 is 14.9 Å². The zero-order valence-electron chi connectivity index (χ0n) is 15.5. The largest absolute Gasteiger partial charge is 0.491 e. The second-order valence-electron chi connectivity index (χ2n) is 6.93. The normalized spacial score (nSPS) is 13.9. The molecule has 0 aliphatic carbocycles. The molecule has 0 bridgehead atoms. The quantitative estimate of drug-likeness (QED) is 0.680. The summed E-state index contributed by atoms with van der Waals surface area (Å²) in [6.45, 7) is 6.46. The zero-order valence-corrected chi connectivity index (χ0v) is 15.5. The minimum Gasteiger partial charge on any atom is -0.491 e. The van der Waals surface area contributed by atoms with Gasteiger partial charge in [-0.15, -0.1) is 0 Å². The minimum atomic E-state index is -0.713. The summed E-state index contributed by atoms with van der Waals surface area (Å²) in [5, 5.41) is 20.4. The number of fused-ring (bicyclic) bond motifs is 1. The van der Waals surface area contributed by atoms with E-state index < -0.39 is 12.2 Å². The third-order valence-electron chi connectivity index (χ3n) is 4.44. The SMILES string of the molecule is CC(C)c1ccc(OC[C@H](O)Cn2c([C@H](C)O)nc3ccccc32)cc1. The Balaban J connectivity index is 1.69. The molecule has 26 heavy (non-hydrogen) atoms. The lowest BCUT2D eigenvalue weighted by atomic mass is 10.0. The molecule has 2 N–H and O–H groups in total. The van der Waals surface area contributed by atoms with Crippen molar-refractivity contribution in [1.82, 2.24) is 9.55 Å². The minimum absolute atomic E-state index is 0.173. The van der Waals surface area contributed by atoms with E-state index >= 15 is 0 Å². The number of aliphatic hydroxyl groups is 2. The van der Waals surface area contributed by atoms with E-state index in [0.717, 1.165) is 16.8 Å². The van der Waals surface area contributed by atoms with E-state index in [1.54, 1.807) is 6.92 Å². The maximum Gasteiger partial charge on any atom is 0.138 e. The summed E-state index contributed by atoms with van der Waals surface area (Å²) in [6, 6.07) is 15.6. The molecule has 2 aromatic carbocycles. The standard InChI is InChI=1S/C21H26N2O3/c1-14(2)16-8-10-18(11-9-16)26-13-17(25)12-23-20-7-5-4-6-19(20)22-21(23)15(3)24/h4-11,14-15,17,24-25H,12-13H2,1-3H3/t15-,17+/m0/s1. The average Bonchev–Trinajstić information content (AvgIpc) is 2.99. The first-order valence-electron chi connectivity index (χ1n) is 8.99. The Labute approximate surface area is 153 Å². The van der Waals surface area contributed by atoms with Crippen LogP contribution in [0.3, 0.4) is 0 Å². The Morgan fingerprint density at radius 1 is 1.00 bits per heavy atom. The van der Waals surface area contributed by atoms with E-state index in [9.17, 15) is 10.2 Å². The van der Waals surface area contributed by atoms with Crippen molar-refractivity contribution in [2.45, 2.75) is 45.4 Å². The molecule has 3 aromatic rings. The van der Waals surface area contributed by atoms with Crippen molar-refractivity contribution in [1.29, 1.82) is 0 Å². The van der Waals surface area contributed by atoms with Gasteiger partial charge in [0.05, 0.1) is 17.6 Å². The fourth-order valence-electron chi connectivity index (χ4n) is 3.01. The summed E-state index contributed by atoms with van der Waals surface area (Å²) < 4.78 is 7.57. The van der Waals surface area contributed by atoms with Gasteiger partial charge in [-0.3, -0.25) is 0 Å². The first kappa shape index (κ1) is 18.4. The second kappa shape index (κ2) is 7.89. The molecule has 3 rings (SSSR count). The van der Waals surface area contributed by atoms with Crippen molar-refractivity contribution in [3.8, 4) is 5.75 Å². The number of rotatable bonds is 7. The van der Waals surface area contributed by atoms with E-state index in [4.69, 9.17) is 4.74 Å². The molecule has 0 unspecified atom stereocenters. The second-order valence-corrected chi connectivity index (χ2v) is 6.93. The topological polar surface area (TPSA) is 67.5 Å². The lowest BCUT2D eigenvalue weighted by molar-refractivity contribution is 0.0895. The van der Waals surface area contributed by atoms with Crippen LogP contribution in [0.1, 0.15) is 44.2 Å². The number of hydrogen-bond donors (Lipinski definition) is 2. The summed E-state index contributed by atoms with van der Waals surface area (Å²) in [5.74, 6) is 1.76. The van der Waals surface area contributed by atoms with Crippen LogP contribution in [0.5, 0.6) is 5.75 Å². The van der Waals surface area contributed by atoms with Crippen LogP contribution in [0.4, 0.5) is 0 Å². The molecule has 0 radical (unpaired) electrons. The van der Waals surface area contributed by atoms with Gasteiger partial charge in [-0.2, -0.15) is 0 Å². The number of aliphatic hydroxyl groups excluding tert-OH is 2. The smallest absolute Gasteiger partial charge is 0.138 e. The average molecular weight is 354 g/mol. The number of para-hydroxylation sites is 2. The van der Waals surface area contributed by atoms with Gasteiger partial charge in [-0.05, 0) is 42.7 Å². The van der Waals surface area contributed by atoms with Gasteiger partial charge in [-0.25, -0.2) is 4.98 Å². The number of ether oxygens (including phenoxy) is 1. The molecule has 138 valence electrons. The highest BCUT2D eigenvalue weighted by molar-refractivity contribution is 5.76. The summed E-state index contributed by atoms with van der Waals surface area (Å²) in [6.07, 6.45) is -1.42. The maximum atomic E-state index is 10.4. The van der Waals surface area contributed by atoms with Gasteiger partial charge in [0.2, 0.25) is 0 Å². The van der Waals surface area contributed by atoms with Gasteiger partial charge in [0.15, 0.2) is 0 Å². The number of benzene rings is 2. The number of nitrogens with zero attached hydrogens (tertiary/aromatic N) is 2. The van der Waals surface area contributed by atoms with Crippen molar-refractivity contribution in [2.24, 2.45) is 0 Å². The van der Waals surface area contributed by atoms with E-state index in [1.807, 2.05) is 53.1 Å². The van der Waals surface area contributed by atoms with Crippen LogP contribution in [0.25, 0.3) is 11.0 Å².